The van der Waals surface area contributed by atoms with Crippen molar-refractivity contribution in [3.8, 4) is 11.3 Å². The zero-order valence-electron chi connectivity index (χ0n) is 10.2. The number of benzene rings is 1. The van der Waals surface area contributed by atoms with E-state index in [-0.39, 0.29) is 5.82 Å². The van der Waals surface area contributed by atoms with Gasteiger partial charge in [0.05, 0.1) is 5.69 Å². The fraction of sp³-hybridized carbons (Fsp3) is 0.286. The summed E-state index contributed by atoms with van der Waals surface area (Å²) < 4.78 is 13.8. The summed E-state index contributed by atoms with van der Waals surface area (Å²) in [7, 11) is 0. The second kappa shape index (κ2) is 4.46. The molecule has 2 aromatic rings. The molecular weight excluding hydrogens is 229 g/mol. The Bertz CT molecular complexity index is 579. The first-order chi connectivity index (χ1) is 8.74. The smallest absolute Gasteiger partial charge is 0.134 e. The number of halogens is 1. The molecule has 0 unspecified atom stereocenters. The predicted molar refractivity (Wildman–Crippen MR) is 67.8 cm³/mol. The van der Waals surface area contributed by atoms with Crippen molar-refractivity contribution >= 4 is 0 Å². The number of aromatic nitrogens is 2. The minimum Gasteiger partial charge on any atom is -0.315 e. The van der Waals surface area contributed by atoms with Crippen molar-refractivity contribution in [1.29, 1.82) is 0 Å². The lowest BCUT2D eigenvalue weighted by Gasteiger charge is -2.26. The van der Waals surface area contributed by atoms with Crippen LogP contribution in [-0.2, 0) is 0 Å². The van der Waals surface area contributed by atoms with Crippen LogP contribution in [0.3, 0.4) is 0 Å². The Labute approximate surface area is 105 Å². The molecule has 4 heteroatoms. The SMILES string of the molecule is Cc1cc(-c2ccccc2F)nc(C2CNC2)n1. The molecule has 0 spiro atoms. The van der Waals surface area contributed by atoms with Gasteiger partial charge in [-0.1, -0.05) is 12.1 Å². The number of hydrogen-bond donors (Lipinski definition) is 1. The van der Waals surface area contributed by atoms with Crippen LogP contribution in [0.5, 0.6) is 0 Å². The Kier molecular flexibility index (Phi) is 2.80. The van der Waals surface area contributed by atoms with Crippen LogP contribution in [0.15, 0.2) is 30.3 Å². The largest absolute Gasteiger partial charge is 0.315 e. The fourth-order valence-corrected chi connectivity index (χ4v) is 2.05. The van der Waals surface area contributed by atoms with Crippen molar-refractivity contribution < 1.29 is 4.39 Å². The summed E-state index contributed by atoms with van der Waals surface area (Å²) in [5.41, 5.74) is 2.09. The van der Waals surface area contributed by atoms with E-state index < -0.39 is 0 Å². The lowest BCUT2D eigenvalue weighted by Crippen LogP contribution is -2.41. The van der Waals surface area contributed by atoms with E-state index >= 15 is 0 Å². The predicted octanol–water partition coefficient (Wildman–Crippen LogP) is 2.28. The number of aryl methyl sites for hydroxylation is 1. The Hall–Kier alpha value is -1.81. The van der Waals surface area contributed by atoms with E-state index in [1.807, 2.05) is 19.1 Å². The normalized spacial score (nSPS) is 15.4. The van der Waals surface area contributed by atoms with Gasteiger partial charge >= 0.3 is 0 Å². The molecule has 0 bridgehead atoms. The number of nitrogens with zero attached hydrogens (tertiary/aromatic N) is 2. The van der Waals surface area contributed by atoms with Gasteiger partial charge in [0.1, 0.15) is 11.6 Å². The van der Waals surface area contributed by atoms with Gasteiger partial charge < -0.3 is 5.32 Å². The van der Waals surface area contributed by atoms with Gasteiger partial charge in [0.2, 0.25) is 0 Å². The molecule has 0 saturated carbocycles. The summed E-state index contributed by atoms with van der Waals surface area (Å²) >= 11 is 0. The number of nitrogens with one attached hydrogen (secondary N) is 1. The minimum absolute atomic E-state index is 0.242. The molecule has 0 aliphatic carbocycles. The highest BCUT2D eigenvalue weighted by Crippen LogP contribution is 2.24. The van der Waals surface area contributed by atoms with Crippen LogP contribution in [-0.4, -0.2) is 23.1 Å². The van der Waals surface area contributed by atoms with Crippen LogP contribution in [0.25, 0.3) is 11.3 Å². The van der Waals surface area contributed by atoms with Crippen molar-refractivity contribution in [2.45, 2.75) is 12.8 Å². The molecule has 0 amide bonds. The molecule has 3 nitrogen and oxygen atoms in total. The van der Waals surface area contributed by atoms with E-state index in [2.05, 4.69) is 15.3 Å². The molecule has 1 aliphatic heterocycles. The molecular formula is C14H14FN3. The fourth-order valence-electron chi connectivity index (χ4n) is 2.05. The minimum atomic E-state index is -0.242. The molecule has 92 valence electrons. The number of hydrogen-bond acceptors (Lipinski definition) is 3. The van der Waals surface area contributed by atoms with Gasteiger partial charge in [-0.25, -0.2) is 14.4 Å². The highest BCUT2D eigenvalue weighted by Gasteiger charge is 2.22. The second-order valence-electron chi connectivity index (χ2n) is 4.59. The van der Waals surface area contributed by atoms with Gasteiger partial charge in [0.15, 0.2) is 0 Å². The van der Waals surface area contributed by atoms with Gasteiger partial charge in [-0.15, -0.1) is 0 Å². The first-order valence-electron chi connectivity index (χ1n) is 6.05. The molecule has 1 fully saturated rings. The standard InChI is InChI=1S/C14H14FN3/c1-9-6-13(11-4-2-3-5-12(11)15)18-14(17-9)10-7-16-8-10/h2-6,10,16H,7-8H2,1H3. The third kappa shape index (κ3) is 1.99. The Balaban J connectivity index is 2.06. The maximum atomic E-state index is 13.8. The van der Waals surface area contributed by atoms with Crippen LogP contribution in [0.2, 0.25) is 0 Å². The van der Waals surface area contributed by atoms with Gasteiger partial charge in [-0.05, 0) is 25.1 Å². The molecule has 1 aromatic carbocycles. The van der Waals surface area contributed by atoms with Crippen molar-refractivity contribution in [1.82, 2.24) is 15.3 Å². The quantitative estimate of drug-likeness (QED) is 0.879. The van der Waals surface area contributed by atoms with Crippen LogP contribution in [0.4, 0.5) is 4.39 Å². The summed E-state index contributed by atoms with van der Waals surface area (Å²) in [6.45, 7) is 3.72. The lowest BCUT2D eigenvalue weighted by atomic mass is 10.0. The highest BCUT2D eigenvalue weighted by molar-refractivity contribution is 5.60. The number of rotatable bonds is 2. The molecule has 2 heterocycles. The first-order valence-corrected chi connectivity index (χ1v) is 6.05. The Morgan fingerprint density at radius 1 is 1.22 bits per heavy atom. The molecule has 1 saturated heterocycles. The van der Waals surface area contributed by atoms with E-state index in [0.29, 0.717) is 17.2 Å². The summed E-state index contributed by atoms with van der Waals surface area (Å²) in [5.74, 6) is 0.927. The molecule has 1 N–H and O–H groups in total. The zero-order chi connectivity index (χ0) is 12.5. The molecule has 3 rings (SSSR count). The average Bonchev–Trinajstić information content (AvgIpc) is 2.26. The highest BCUT2D eigenvalue weighted by atomic mass is 19.1. The first kappa shape index (κ1) is 11.3. The van der Waals surface area contributed by atoms with E-state index in [1.165, 1.54) is 6.07 Å². The molecule has 18 heavy (non-hydrogen) atoms. The topological polar surface area (TPSA) is 37.8 Å². The van der Waals surface area contributed by atoms with Gasteiger partial charge in [0, 0.05) is 30.3 Å². The van der Waals surface area contributed by atoms with Crippen LogP contribution < -0.4 is 5.32 Å². The van der Waals surface area contributed by atoms with Crippen molar-refractivity contribution in [2.75, 3.05) is 13.1 Å². The Morgan fingerprint density at radius 2 is 2.00 bits per heavy atom. The third-order valence-electron chi connectivity index (χ3n) is 3.17. The van der Waals surface area contributed by atoms with Crippen molar-refractivity contribution in [3.63, 3.8) is 0 Å². The summed E-state index contributed by atoms with van der Waals surface area (Å²) in [4.78, 5) is 8.93. The van der Waals surface area contributed by atoms with E-state index in [0.717, 1.165) is 24.6 Å². The zero-order valence-corrected chi connectivity index (χ0v) is 10.2. The summed E-state index contributed by atoms with van der Waals surface area (Å²) in [6.07, 6.45) is 0. The van der Waals surface area contributed by atoms with Crippen molar-refractivity contribution in [3.05, 3.63) is 47.7 Å². The van der Waals surface area contributed by atoms with E-state index in [4.69, 9.17) is 0 Å². The molecule has 0 atom stereocenters. The van der Waals surface area contributed by atoms with Gasteiger partial charge in [-0.3, -0.25) is 0 Å². The Morgan fingerprint density at radius 3 is 2.67 bits per heavy atom. The lowest BCUT2D eigenvalue weighted by molar-refractivity contribution is 0.429. The molecule has 1 aromatic heterocycles. The van der Waals surface area contributed by atoms with E-state index in [1.54, 1.807) is 12.1 Å². The van der Waals surface area contributed by atoms with Crippen LogP contribution in [0, 0.1) is 12.7 Å². The maximum Gasteiger partial charge on any atom is 0.134 e. The van der Waals surface area contributed by atoms with Gasteiger partial charge in [-0.2, -0.15) is 0 Å². The van der Waals surface area contributed by atoms with Crippen LogP contribution in [0.1, 0.15) is 17.4 Å². The molecule has 0 radical (unpaired) electrons. The summed E-state index contributed by atoms with van der Waals surface area (Å²) in [6, 6.07) is 8.54. The monoisotopic (exact) mass is 243 g/mol. The average molecular weight is 243 g/mol. The second-order valence-corrected chi connectivity index (χ2v) is 4.59. The van der Waals surface area contributed by atoms with Crippen molar-refractivity contribution in [2.24, 2.45) is 0 Å². The van der Waals surface area contributed by atoms with E-state index in [9.17, 15) is 4.39 Å². The van der Waals surface area contributed by atoms with Gasteiger partial charge in [0.25, 0.3) is 0 Å². The maximum absolute atomic E-state index is 13.8. The summed E-state index contributed by atoms with van der Waals surface area (Å²) in [5, 5.41) is 3.20. The molecule has 1 aliphatic rings. The van der Waals surface area contributed by atoms with Crippen LogP contribution >= 0.6 is 0 Å². The third-order valence-corrected chi connectivity index (χ3v) is 3.17.